The van der Waals surface area contributed by atoms with Crippen molar-refractivity contribution in [3.63, 3.8) is 0 Å². The molecule has 0 saturated heterocycles. The Morgan fingerprint density at radius 1 is 1.04 bits per heavy atom. The van der Waals surface area contributed by atoms with Gasteiger partial charge < -0.3 is 15.4 Å². The van der Waals surface area contributed by atoms with Gasteiger partial charge in [-0.3, -0.25) is 14.3 Å². The van der Waals surface area contributed by atoms with E-state index in [1.807, 2.05) is 48.7 Å². The number of nitrogens with zero attached hydrogens (tertiary/aromatic N) is 2. The first-order valence-corrected chi connectivity index (χ1v) is 8.42. The molecule has 7 nitrogen and oxygen atoms in total. The van der Waals surface area contributed by atoms with Gasteiger partial charge in [-0.1, -0.05) is 24.3 Å². The van der Waals surface area contributed by atoms with E-state index in [0.717, 1.165) is 11.1 Å². The van der Waals surface area contributed by atoms with E-state index in [2.05, 4.69) is 15.7 Å². The first-order chi connectivity index (χ1) is 13.1. The van der Waals surface area contributed by atoms with Crippen molar-refractivity contribution in [1.29, 1.82) is 0 Å². The number of nitrogens with one attached hydrogen (secondary N) is 2. The molecule has 1 aromatic heterocycles. The van der Waals surface area contributed by atoms with Gasteiger partial charge in [0.05, 0.1) is 13.7 Å². The maximum Gasteiger partial charge on any atom is 0.313 e. The highest BCUT2D eigenvalue weighted by Gasteiger charge is 2.13. The van der Waals surface area contributed by atoms with E-state index in [1.165, 1.54) is 0 Å². The molecule has 0 unspecified atom stereocenters. The minimum Gasteiger partial charge on any atom is -0.497 e. The molecule has 1 heterocycles. The topological polar surface area (TPSA) is 85.2 Å². The lowest BCUT2D eigenvalue weighted by atomic mass is 10.2. The molecule has 0 atom stereocenters. The predicted octanol–water partition coefficient (Wildman–Crippen LogP) is 2.19. The molecular weight excluding hydrogens is 344 g/mol. The highest BCUT2D eigenvalue weighted by atomic mass is 16.5. The van der Waals surface area contributed by atoms with Crippen LogP contribution < -0.4 is 15.4 Å². The number of benzene rings is 2. The van der Waals surface area contributed by atoms with Crippen LogP contribution in [0, 0.1) is 0 Å². The van der Waals surface area contributed by atoms with Gasteiger partial charge in [-0.2, -0.15) is 5.10 Å². The van der Waals surface area contributed by atoms with Crippen molar-refractivity contribution in [3.8, 4) is 5.75 Å². The van der Waals surface area contributed by atoms with Gasteiger partial charge in [-0.15, -0.1) is 0 Å². The predicted molar refractivity (Wildman–Crippen MR) is 101 cm³/mol. The Kier molecular flexibility index (Phi) is 5.84. The van der Waals surface area contributed by atoms with Crippen molar-refractivity contribution in [2.24, 2.45) is 0 Å². The van der Waals surface area contributed by atoms with Crippen molar-refractivity contribution in [2.45, 2.75) is 13.1 Å². The lowest BCUT2D eigenvalue weighted by molar-refractivity contribution is -0.136. The molecule has 138 valence electrons. The summed E-state index contributed by atoms with van der Waals surface area (Å²) in [5.74, 6) is -0.718. The third-order valence-corrected chi connectivity index (χ3v) is 3.88. The van der Waals surface area contributed by atoms with Crippen LogP contribution in [-0.2, 0) is 22.7 Å². The Balaban J connectivity index is 1.55. The van der Waals surface area contributed by atoms with Gasteiger partial charge in [0.25, 0.3) is 0 Å². The summed E-state index contributed by atoms with van der Waals surface area (Å²) in [7, 11) is 1.58. The average molecular weight is 364 g/mol. The molecule has 0 aliphatic rings. The monoisotopic (exact) mass is 364 g/mol. The Labute approximate surface area is 157 Å². The maximum absolute atomic E-state index is 12.1. The standard InChI is InChI=1S/C20H20N4O3/c1-27-18-8-3-5-15(12-18)13-21-19(25)20(26)23-17-7-2-6-16(11-17)14-24-10-4-9-22-24/h2-12H,13-14H2,1H3,(H,21,25)(H,23,26). The van der Waals surface area contributed by atoms with E-state index in [9.17, 15) is 9.59 Å². The number of amides is 2. The van der Waals surface area contributed by atoms with Gasteiger partial charge in [0, 0.05) is 24.6 Å². The van der Waals surface area contributed by atoms with Crippen LogP contribution in [0.3, 0.4) is 0 Å². The molecular formula is C20H20N4O3. The molecule has 0 aliphatic carbocycles. The summed E-state index contributed by atoms with van der Waals surface area (Å²) in [6.45, 7) is 0.821. The minimum atomic E-state index is -0.714. The SMILES string of the molecule is COc1cccc(CNC(=O)C(=O)Nc2cccc(Cn3cccn3)c2)c1. The molecule has 0 bridgehead atoms. The summed E-state index contributed by atoms with van der Waals surface area (Å²) in [6.07, 6.45) is 3.57. The lowest BCUT2D eigenvalue weighted by Gasteiger charge is -2.09. The number of methoxy groups -OCH3 is 1. The maximum atomic E-state index is 12.1. The molecule has 0 radical (unpaired) electrons. The molecule has 27 heavy (non-hydrogen) atoms. The van der Waals surface area contributed by atoms with E-state index in [1.54, 1.807) is 30.1 Å². The van der Waals surface area contributed by atoms with Crippen molar-refractivity contribution in [2.75, 3.05) is 12.4 Å². The highest BCUT2D eigenvalue weighted by Crippen LogP contribution is 2.13. The van der Waals surface area contributed by atoms with Gasteiger partial charge in [0.15, 0.2) is 0 Å². The van der Waals surface area contributed by atoms with Crippen LogP contribution >= 0.6 is 0 Å². The Morgan fingerprint density at radius 2 is 1.85 bits per heavy atom. The summed E-state index contributed by atoms with van der Waals surface area (Å²) in [6, 6.07) is 16.4. The Morgan fingerprint density at radius 3 is 2.63 bits per heavy atom. The molecule has 7 heteroatoms. The van der Waals surface area contributed by atoms with Gasteiger partial charge in [0.2, 0.25) is 0 Å². The minimum absolute atomic E-state index is 0.239. The zero-order valence-corrected chi connectivity index (χ0v) is 14.9. The third kappa shape index (κ3) is 5.18. The van der Waals surface area contributed by atoms with Crippen LogP contribution in [0.5, 0.6) is 5.75 Å². The number of rotatable bonds is 6. The normalized spacial score (nSPS) is 10.3. The van der Waals surface area contributed by atoms with E-state index in [0.29, 0.717) is 18.0 Å². The lowest BCUT2D eigenvalue weighted by Crippen LogP contribution is -2.34. The molecule has 2 N–H and O–H groups in total. The fourth-order valence-corrected chi connectivity index (χ4v) is 2.56. The fourth-order valence-electron chi connectivity index (χ4n) is 2.56. The third-order valence-electron chi connectivity index (χ3n) is 3.88. The number of anilines is 1. The van der Waals surface area contributed by atoms with E-state index in [4.69, 9.17) is 4.74 Å². The Bertz CT molecular complexity index is 922. The molecule has 2 aromatic carbocycles. The largest absolute Gasteiger partial charge is 0.497 e. The highest BCUT2D eigenvalue weighted by molar-refractivity contribution is 6.39. The average Bonchev–Trinajstić information content (AvgIpc) is 3.19. The summed E-state index contributed by atoms with van der Waals surface area (Å²) in [5, 5.41) is 9.37. The van der Waals surface area contributed by atoms with Gasteiger partial charge >= 0.3 is 11.8 Å². The van der Waals surface area contributed by atoms with Crippen LogP contribution in [0.4, 0.5) is 5.69 Å². The van der Waals surface area contributed by atoms with E-state index in [-0.39, 0.29) is 6.54 Å². The summed E-state index contributed by atoms with van der Waals surface area (Å²) >= 11 is 0. The number of aromatic nitrogens is 2. The van der Waals surface area contributed by atoms with Crippen LogP contribution in [0.15, 0.2) is 67.0 Å². The van der Waals surface area contributed by atoms with Gasteiger partial charge in [-0.05, 0) is 41.5 Å². The smallest absolute Gasteiger partial charge is 0.313 e. The Hall–Kier alpha value is -3.61. The molecule has 2 amide bonds. The van der Waals surface area contributed by atoms with E-state index < -0.39 is 11.8 Å². The van der Waals surface area contributed by atoms with Crippen molar-refractivity contribution < 1.29 is 14.3 Å². The van der Waals surface area contributed by atoms with Gasteiger partial charge in [0.1, 0.15) is 5.75 Å². The van der Waals surface area contributed by atoms with Crippen LogP contribution in [0.2, 0.25) is 0 Å². The number of carbonyl (C=O) groups excluding carboxylic acids is 2. The number of hydrogen-bond donors (Lipinski definition) is 2. The second-order valence-corrected chi connectivity index (χ2v) is 5.89. The van der Waals surface area contributed by atoms with Crippen molar-refractivity contribution in [1.82, 2.24) is 15.1 Å². The van der Waals surface area contributed by atoms with Gasteiger partial charge in [-0.25, -0.2) is 0 Å². The summed E-state index contributed by atoms with van der Waals surface area (Å²) in [4.78, 5) is 24.2. The van der Waals surface area contributed by atoms with Crippen molar-refractivity contribution >= 4 is 17.5 Å². The molecule has 0 fully saturated rings. The van der Waals surface area contributed by atoms with Crippen LogP contribution in [0.25, 0.3) is 0 Å². The second kappa shape index (κ2) is 8.66. The quantitative estimate of drug-likeness (QED) is 0.657. The van der Waals surface area contributed by atoms with Crippen molar-refractivity contribution in [3.05, 3.63) is 78.1 Å². The molecule has 0 saturated carbocycles. The summed E-state index contributed by atoms with van der Waals surface area (Å²) < 4.78 is 6.92. The zero-order chi connectivity index (χ0) is 19.1. The van der Waals surface area contributed by atoms with Crippen LogP contribution in [-0.4, -0.2) is 28.7 Å². The first-order valence-electron chi connectivity index (χ1n) is 8.42. The number of carbonyl (C=O) groups is 2. The first kappa shape index (κ1) is 18.2. The summed E-state index contributed by atoms with van der Waals surface area (Å²) in [5.41, 5.74) is 2.37. The molecule has 0 spiro atoms. The number of hydrogen-bond acceptors (Lipinski definition) is 4. The second-order valence-electron chi connectivity index (χ2n) is 5.89. The molecule has 3 aromatic rings. The van der Waals surface area contributed by atoms with Crippen LogP contribution in [0.1, 0.15) is 11.1 Å². The molecule has 0 aliphatic heterocycles. The zero-order valence-electron chi connectivity index (χ0n) is 14.9. The fraction of sp³-hybridized carbons (Fsp3) is 0.150. The van der Waals surface area contributed by atoms with E-state index >= 15 is 0 Å². The molecule has 3 rings (SSSR count). The number of ether oxygens (including phenoxy) is 1.